The van der Waals surface area contributed by atoms with E-state index in [1.54, 1.807) is 29.2 Å². The number of nitrogens with zero attached hydrogens (tertiary/aromatic N) is 2. The van der Waals surface area contributed by atoms with Crippen molar-refractivity contribution in [2.75, 3.05) is 20.2 Å². The third-order valence-corrected chi connectivity index (χ3v) is 3.53. The molecule has 1 aromatic rings. The molecule has 6 nitrogen and oxygen atoms in total. The van der Waals surface area contributed by atoms with E-state index in [2.05, 4.69) is 10.1 Å². The van der Waals surface area contributed by atoms with Gasteiger partial charge >= 0.3 is 6.09 Å². The Labute approximate surface area is 123 Å². The Morgan fingerprint density at radius 1 is 1.38 bits per heavy atom. The van der Waals surface area contributed by atoms with Gasteiger partial charge in [0.1, 0.15) is 0 Å². The first kappa shape index (κ1) is 14.9. The summed E-state index contributed by atoms with van der Waals surface area (Å²) in [5, 5.41) is 11.6. The predicted octanol–water partition coefficient (Wildman–Crippen LogP) is 1.52. The molecule has 0 unspecified atom stereocenters. The summed E-state index contributed by atoms with van der Waals surface area (Å²) in [6.07, 6.45) is 0.943. The van der Waals surface area contributed by atoms with Crippen molar-refractivity contribution >= 4 is 12.0 Å². The number of likely N-dealkylation sites (tertiary alicyclic amines) is 1. The number of carbonyl (C=O) groups is 2. The van der Waals surface area contributed by atoms with Crippen LogP contribution >= 0.6 is 0 Å². The molecule has 1 fully saturated rings. The molecule has 0 bridgehead atoms. The van der Waals surface area contributed by atoms with Crippen LogP contribution in [0.25, 0.3) is 0 Å². The van der Waals surface area contributed by atoms with Gasteiger partial charge < -0.3 is 15.0 Å². The molecule has 2 rings (SSSR count). The molecule has 1 saturated heterocycles. The summed E-state index contributed by atoms with van der Waals surface area (Å²) in [5.41, 5.74) is 0.997. The Morgan fingerprint density at radius 3 is 2.71 bits per heavy atom. The lowest BCUT2D eigenvalue weighted by molar-refractivity contribution is 0.0704. The molecule has 0 atom stereocenters. The van der Waals surface area contributed by atoms with Gasteiger partial charge in [-0.15, -0.1) is 0 Å². The van der Waals surface area contributed by atoms with E-state index in [-0.39, 0.29) is 11.9 Å². The number of carbonyl (C=O) groups excluding carboxylic acids is 2. The van der Waals surface area contributed by atoms with E-state index in [9.17, 15) is 9.59 Å². The molecule has 0 radical (unpaired) electrons. The maximum Gasteiger partial charge on any atom is 0.407 e. The van der Waals surface area contributed by atoms with Crippen molar-refractivity contribution in [1.29, 1.82) is 5.26 Å². The van der Waals surface area contributed by atoms with Crippen LogP contribution in [0.15, 0.2) is 24.3 Å². The smallest absolute Gasteiger partial charge is 0.407 e. The number of benzene rings is 1. The van der Waals surface area contributed by atoms with Crippen LogP contribution in [-0.4, -0.2) is 43.1 Å². The van der Waals surface area contributed by atoms with Crippen LogP contribution in [0.2, 0.25) is 0 Å². The minimum Gasteiger partial charge on any atom is -0.453 e. The summed E-state index contributed by atoms with van der Waals surface area (Å²) < 4.78 is 4.56. The minimum absolute atomic E-state index is 0.0342. The molecule has 21 heavy (non-hydrogen) atoms. The van der Waals surface area contributed by atoms with Gasteiger partial charge in [-0.3, -0.25) is 4.79 Å². The quantitative estimate of drug-likeness (QED) is 0.894. The van der Waals surface area contributed by atoms with E-state index in [0.717, 1.165) is 0 Å². The normalized spacial score (nSPS) is 15.1. The van der Waals surface area contributed by atoms with Crippen molar-refractivity contribution in [2.45, 2.75) is 18.9 Å². The van der Waals surface area contributed by atoms with E-state index >= 15 is 0 Å². The predicted molar refractivity (Wildman–Crippen MR) is 75.6 cm³/mol. The molecule has 1 N–H and O–H groups in total. The van der Waals surface area contributed by atoms with E-state index < -0.39 is 6.09 Å². The highest BCUT2D eigenvalue weighted by Crippen LogP contribution is 2.15. The first-order valence-electron chi connectivity index (χ1n) is 6.78. The SMILES string of the molecule is COC(=O)NC1CCN(C(=O)c2cccc(C#N)c2)CC1. The van der Waals surface area contributed by atoms with Crippen LogP contribution in [-0.2, 0) is 4.74 Å². The van der Waals surface area contributed by atoms with Crippen LogP contribution in [0, 0.1) is 11.3 Å². The number of ether oxygens (including phenoxy) is 1. The molecule has 6 heteroatoms. The maximum absolute atomic E-state index is 12.4. The highest BCUT2D eigenvalue weighted by molar-refractivity contribution is 5.94. The fourth-order valence-corrected chi connectivity index (χ4v) is 2.36. The number of hydrogen-bond acceptors (Lipinski definition) is 4. The molecule has 1 heterocycles. The minimum atomic E-state index is -0.443. The molecule has 0 aromatic heterocycles. The number of hydrogen-bond donors (Lipinski definition) is 1. The van der Waals surface area contributed by atoms with Gasteiger partial charge in [-0.1, -0.05) is 6.07 Å². The zero-order valence-corrected chi connectivity index (χ0v) is 11.8. The number of nitrogens with one attached hydrogen (secondary N) is 1. The third-order valence-electron chi connectivity index (χ3n) is 3.53. The molecular weight excluding hydrogens is 270 g/mol. The first-order chi connectivity index (χ1) is 10.1. The van der Waals surface area contributed by atoms with Gasteiger partial charge in [0, 0.05) is 24.7 Å². The summed E-state index contributed by atoms with van der Waals surface area (Å²) in [4.78, 5) is 25.2. The summed E-state index contributed by atoms with van der Waals surface area (Å²) >= 11 is 0. The summed E-state index contributed by atoms with van der Waals surface area (Å²) in [6, 6.07) is 8.75. The van der Waals surface area contributed by atoms with Gasteiger partial charge in [-0.05, 0) is 31.0 Å². The summed E-state index contributed by atoms with van der Waals surface area (Å²) in [7, 11) is 1.33. The number of rotatable bonds is 2. The first-order valence-corrected chi connectivity index (χ1v) is 6.78. The molecule has 0 spiro atoms. The van der Waals surface area contributed by atoms with Gasteiger partial charge in [0.05, 0.1) is 18.7 Å². The van der Waals surface area contributed by atoms with Gasteiger partial charge in [0.15, 0.2) is 0 Å². The second kappa shape index (κ2) is 6.75. The molecule has 2 amide bonds. The number of nitriles is 1. The number of methoxy groups -OCH3 is 1. The van der Waals surface area contributed by atoms with E-state index in [4.69, 9.17) is 5.26 Å². The van der Waals surface area contributed by atoms with Crippen molar-refractivity contribution in [3.63, 3.8) is 0 Å². The Kier molecular flexibility index (Phi) is 4.77. The Morgan fingerprint density at radius 2 is 2.10 bits per heavy atom. The van der Waals surface area contributed by atoms with Crippen LogP contribution in [0.5, 0.6) is 0 Å². The molecule has 1 aromatic carbocycles. The molecule has 0 saturated carbocycles. The van der Waals surface area contributed by atoms with Gasteiger partial charge in [-0.2, -0.15) is 5.26 Å². The van der Waals surface area contributed by atoms with Crippen molar-refractivity contribution < 1.29 is 14.3 Å². The van der Waals surface area contributed by atoms with Gasteiger partial charge in [-0.25, -0.2) is 4.79 Å². The third kappa shape index (κ3) is 3.72. The lowest BCUT2D eigenvalue weighted by Gasteiger charge is -2.32. The largest absolute Gasteiger partial charge is 0.453 e. The lowest BCUT2D eigenvalue weighted by atomic mass is 10.0. The topological polar surface area (TPSA) is 82.4 Å². The van der Waals surface area contributed by atoms with Crippen molar-refractivity contribution in [3.8, 4) is 6.07 Å². The van der Waals surface area contributed by atoms with Crippen LogP contribution in [0.4, 0.5) is 4.79 Å². The monoisotopic (exact) mass is 287 g/mol. The van der Waals surface area contributed by atoms with Crippen LogP contribution in [0.1, 0.15) is 28.8 Å². The average Bonchev–Trinajstić information content (AvgIpc) is 2.54. The van der Waals surface area contributed by atoms with Crippen LogP contribution < -0.4 is 5.32 Å². The number of alkyl carbamates (subject to hydrolysis) is 1. The fourth-order valence-electron chi connectivity index (χ4n) is 2.36. The van der Waals surface area contributed by atoms with Crippen molar-refractivity contribution in [1.82, 2.24) is 10.2 Å². The van der Waals surface area contributed by atoms with Gasteiger partial charge in [0.25, 0.3) is 5.91 Å². The second-order valence-electron chi connectivity index (χ2n) is 4.90. The van der Waals surface area contributed by atoms with E-state index in [0.29, 0.717) is 37.1 Å². The summed E-state index contributed by atoms with van der Waals surface area (Å²) in [6.45, 7) is 1.15. The molecule has 110 valence electrons. The Hall–Kier alpha value is -2.55. The average molecular weight is 287 g/mol. The lowest BCUT2D eigenvalue weighted by Crippen LogP contribution is -2.46. The highest BCUT2D eigenvalue weighted by atomic mass is 16.5. The molecular formula is C15H17N3O3. The maximum atomic E-state index is 12.4. The second-order valence-corrected chi connectivity index (χ2v) is 4.90. The molecule has 0 aliphatic carbocycles. The Balaban J connectivity index is 1.94. The molecule has 1 aliphatic heterocycles. The number of amides is 2. The van der Waals surface area contributed by atoms with Crippen LogP contribution in [0.3, 0.4) is 0 Å². The van der Waals surface area contributed by atoms with Gasteiger partial charge in [0.2, 0.25) is 0 Å². The zero-order valence-electron chi connectivity index (χ0n) is 11.8. The standard InChI is InChI=1S/C15H17N3O3/c1-21-15(20)17-13-5-7-18(8-6-13)14(19)12-4-2-3-11(9-12)10-16/h2-4,9,13H,5-8H2,1H3,(H,17,20). The van der Waals surface area contributed by atoms with E-state index in [1.807, 2.05) is 6.07 Å². The zero-order chi connectivity index (χ0) is 15.2. The molecule has 1 aliphatic rings. The van der Waals surface area contributed by atoms with Crippen molar-refractivity contribution in [2.24, 2.45) is 0 Å². The Bertz CT molecular complexity index is 572. The van der Waals surface area contributed by atoms with E-state index in [1.165, 1.54) is 7.11 Å². The highest BCUT2D eigenvalue weighted by Gasteiger charge is 2.24. The van der Waals surface area contributed by atoms with Crippen molar-refractivity contribution in [3.05, 3.63) is 35.4 Å². The number of piperidine rings is 1. The summed E-state index contributed by atoms with van der Waals surface area (Å²) in [5.74, 6) is -0.0800. The fraction of sp³-hybridized carbons (Fsp3) is 0.400.